The van der Waals surface area contributed by atoms with Gasteiger partial charge in [0.1, 0.15) is 0 Å². The first-order valence-corrected chi connectivity index (χ1v) is 7.55. The van der Waals surface area contributed by atoms with Gasteiger partial charge in [0.05, 0.1) is 18.3 Å². The first kappa shape index (κ1) is 14.3. The number of likely N-dealkylation sites (N-methyl/N-ethyl adjacent to an activating group) is 1. The Morgan fingerprint density at radius 3 is 3.05 bits per heavy atom. The third kappa shape index (κ3) is 2.91. The average molecular weight is 282 g/mol. The minimum Gasteiger partial charge on any atom is -0.394 e. The third-order valence-electron chi connectivity index (χ3n) is 3.32. The Morgan fingerprint density at radius 2 is 2.37 bits per heavy atom. The molecular formula is C13H22N4OS. The lowest BCUT2D eigenvalue weighted by molar-refractivity contribution is 0.269. The molecule has 2 aromatic heterocycles. The van der Waals surface area contributed by atoms with E-state index < -0.39 is 0 Å². The van der Waals surface area contributed by atoms with E-state index in [2.05, 4.69) is 27.8 Å². The minimum atomic E-state index is 0.0644. The predicted molar refractivity (Wildman–Crippen MR) is 80.0 cm³/mol. The summed E-state index contributed by atoms with van der Waals surface area (Å²) in [6.07, 6.45) is 3.17. The maximum atomic E-state index is 9.31. The van der Waals surface area contributed by atoms with Gasteiger partial charge in [0.2, 0.25) is 0 Å². The van der Waals surface area contributed by atoms with E-state index >= 15 is 0 Å². The summed E-state index contributed by atoms with van der Waals surface area (Å²) in [6.45, 7) is 6.07. The summed E-state index contributed by atoms with van der Waals surface area (Å²) in [6, 6.07) is 0.0644. The first-order valence-electron chi connectivity index (χ1n) is 6.67. The number of aliphatic hydroxyl groups is 1. The van der Waals surface area contributed by atoms with Crippen LogP contribution in [0.25, 0.3) is 4.96 Å². The van der Waals surface area contributed by atoms with Gasteiger partial charge in [-0.2, -0.15) is 0 Å². The second-order valence-corrected chi connectivity index (χ2v) is 5.63. The van der Waals surface area contributed by atoms with Crippen LogP contribution in [0.15, 0.2) is 11.6 Å². The monoisotopic (exact) mass is 282 g/mol. The van der Waals surface area contributed by atoms with Crippen molar-refractivity contribution in [1.29, 1.82) is 0 Å². The fourth-order valence-corrected chi connectivity index (χ4v) is 2.71. The molecule has 2 rings (SSSR count). The molecule has 5 nitrogen and oxygen atoms in total. The maximum Gasteiger partial charge on any atom is 0.195 e. The number of anilines is 1. The molecular weight excluding hydrogens is 260 g/mol. The molecule has 0 aromatic carbocycles. The van der Waals surface area contributed by atoms with Gasteiger partial charge in [-0.3, -0.25) is 4.40 Å². The number of fused-ring (bicyclic) bond motifs is 1. The van der Waals surface area contributed by atoms with Crippen molar-refractivity contribution < 1.29 is 5.11 Å². The SMILES string of the molecule is CCCNCc1c(N(C)C(C)CO)nc2sccn12. The van der Waals surface area contributed by atoms with Crippen LogP contribution in [0.2, 0.25) is 0 Å². The van der Waals surface area contributed by atoms with Gasteiger partial charge in [-0.05, 0) is 19.9 Å². The topological polar surface area (TPSA) is 52.8 Å². The number of nitrogens with one attached hydrogen (secondary N) is 1. The summed E-state index contributed by atoms with van der Waals surface area (Å²) in [7, 11) is 1.98. The molecule has 0 aliphatic rings. The molecule has 2 N–H and O–H groups in total. The van der Waals surface area contributed by atoms with Crippen molar-refractivity contribution in [2.45, 2.75) is 32.9 Å². The molecule has 19 heavy (non-hydrogen) atoms. The van der Waals surface area contributed by atoms with Crippen molar-refractivity contribution in [1.82, 2.24) is 14.7 Å². The highest BCUT2D eigenvalue weighted by atomic mass is 32.1. The van der Waals surface area contributed by atoms with Gasteiger partial charge in [0, 0.05) is 25.2 Å². The van der Waals surface area contributed by atoms with Gasteiger partial charge >= 0.3 is 0 Å². The molecule has 0 aliphatic carbocycles. The third-order valence-corrected chi connectivity index (χ3v) is 4.08. The molecule has 0 fully saturated rings. The van der Waals surface area contributed by atoms with Crippen molar-refractivity contribution in [2.75, 3.05) is 25.1 Å². The predicted octanol–water partition coefficient (Wildman–Crippen LogP) is 1.71. The van der Waals surface area contributed by atoms with Crippen molar-refractivity contribution in [2.24, 2.45) is 0 Å². The number of nitrogens with zero attached hydrogens (tertiary/aromatic N) is 3. The summed E-state index contributed by atoms with van der Waals surface area (Å²) < 4.78 is 2.13. The van der Waals surface area contributed by atoms with E-state index in [4.69, 9.17) is 0 Å². The number of hydrogen-bond acceptors (Lipinski definition) is 5. The number of hydrogen-bond donors (Lipinski definition) is 2. The molecule has 2 heterocycles. The number of imidazole rings is 1. The van der Waals surface area contributed by atoms with Crippen molar-refractivity contribution >= 4 is 22.1 Å². The Labute approximate surface area is 117 Å². The number of aromatic nitrogens is 2. The van der Waals surface area contributed by atoms with Crippen LogP contribution in [0.5, 0.6) is 0 Å². The molecule has 1 unspecified atom stereocenters. The Kier molecular flexibility index (Phi) is 4.79. The van der Waals surface area contributed by atoms with Crippen LogP contribution in [-0.2, 0) is 6.54 Å². The van der Waals surface area contributed by atoms with Crippen LogP contribution >= 0.6 is 11.3 Å². The van der Waals surface area contributed by atoms with Gasteiger partial charge < -0.3 is 15.3 Å². The normalized spacial score (nSPS) is 13.1. The van der Waals surface area contributed by atoms with Crippen LogP contribution in [-0.4, -0.2) is 40.7 Å². The van der Waals surface area contributed by atoms with Crippen LogP contribution in [0.3, 0.4) is 0 Å². The molecule has 0 amide bonds. The lowest BCUT2D eigenvalue weighted by atomic mass is 10.3. The highest BCUT2D eigenvalue weighted by Crippen LogP contribution is 2.25. The van der Waals surface area contributed by atoms with E-state index in [1.807, 2.05) is 24.3 Å². The number of thiazole rings is 1. The summed E-state index contributed by atoms with van der Waals surface area (Å²) in [4.78, 5) is 7.72. The first-order chi connectivity index (χ1) is 9.19. The van der Waals surface area contributed by atoms with Crippen molar-refractivity contribution in [3.63, 3.8) is 0 Å². The maximum absolute atomic E-state index is 9.31. The lowest BCUT2D eigenvalue weighted by Crippen LogP contribution is -2.33. The van der Waals surface area contributed by atoms with Crippen LogP contribution in [0.4, 0.5) is 5.82 Å². The zero-order valence-electron chi connectivity index (χ0n) is 11.8. The van der Waals surface area contributed by atoms with E-state index in [0.717, 1.165) is 36.0 Å². The molecule has 0 spiro atoms. The van der Waals surface area contributed by atoms with Crippen LogP contribution in [0, 0.1) is 0 Å². The van der Waals surface area contributed by atoms with Crippen molar-refractivity contribution in [3.05, 3.63) is 17.3 Å². The molecule has 1 atom stereocenters. The highest BCUT2D eigenvalue weighted by molar-refractivity contribution is 7.15. The summed E-state index contributed by atoms with van der Waals surface area (Å²) in [5, 5.41) is 14.8. The number of rotatable bonds is 7. The van der Waals surface area contributed by atoms with Gasteiger partial charge in [-0.25, -0.2) is 4.98 Å². The molecule has 0 saturated heterocycles. The molecule has 0 saturated carbocycles. The Balaban J connectivity index is 2.30. The van der Waals surface area contributed by atoms with Gasteiger partial charge in [0.25, 0.3) is 0 Å². The quantitative estimate of drug-likeness (QED) is 0.759. The van der Waals surface area contributed by atoms with Gasteiger partial charge in [0.15, 0.2) is 10.8 Å². The summed E-state index contributed by atoms with van der Waals surface area (Å²) in [5.74, 6) is 0.956. The van der Waals surface area contributed by atoms with Crippen LogP contribution in [0.1, 0.15) is 26.0 Å². The van der Waals surface area contributed by atoms with E-state index in [9.17, 15) is 5.11 Å². The average Bonchev–Trinajstić information content (AvgIpc) is 2.99. The standard InChI is InChI=1S/C13H22N4OS/c1-4-5-14-8-11-12(16(3)10(2)9-18)15-13-17(11)6-7-19-13/h6-7,10,14,18H,4-5,8-9H2,1-3H3. The molecule has 106 valence electrons. The van der Waals surface area contributed by atoms with Crippen LogP contribution < -0.4 is 10.2 Å². The minimum absolute atomic E-state index is 0.0644. The summed E-state index contributed by atoms with van der Waals surface area (Å²) in [5.41, 5.74) is 1.16. The second kappa shape index (κ2) is 6.36. The van der Waals surface area contributed by atoms with E-state index in [0.29, 0.717) is 0 Å². The zero-order chi connectivity index (χ0) is 13.8. The molecule has 0 bridgehead atoms. The smallest absolute Gasteiger partial charge is 0.195 e. The second-order valence-electron chi connectivity index (χ2n) is 4.76. The Bertz CT molecular complexity index is 522. The van der Waals surface area contributed by atoms with Crippen molar-refractivity contribution in [3.8, 4) is 0 Å². The zero-order valence-corrected chi connectivity index (χ0v) is 12.6. The highest BCUT2D eigenvalue weighted by Gasteiger charge is 2.19. The van der Waals surface area contributed by atoms with E-state index in [1.165, 1.54) is 0 Å². The summed E-state index contributed by atoms with van der Waals surface area (Å²) >= 11 is 1.63. The van der Waals surface area contributed by atoms with Gasteiger partial charge in [-0.15, -0.1) is 11.3 Å². The fraction of sp³-hybridized carbons (Fsp3) is 0.615. The molecule has 0 radical (unpaired) electrons. The lowest BCUT2D eigenvalue weighted by Gasteiger charge is -2.24. The van der Waals surface area contributed by atoms with E-state index in [1.54, 1.807) is 11.3 Å². The Morgan fingerprint density at radius 1 is 1.58 bits per heavy atom. The molecule has 6 heteroatoms. The number of aliphatic hydroxyl groups excluding tert-OH is 1. The Hall–Kier alpha value is -1.11. The molecule has 0 aliphatic heterocycles. The fourth-order valence-electron chi connectivity index (χ4n) is 1.98. The van der Waals surface area contributed by atoms with Gasteiger partial charge in [-0.1, -0.05) is 6.92 Å². The van der Waals surface area contributed by atoms with E-state index in [-0.39, 0.29) is 12.6 Å². The molecule has 2 aromatic rings. The largest absolute Gasteiger partial charge is 0.394 e.